The number of aromatic nitrogens is 4. The third kappa shape index (κ3) is 3.16. The highest BCUT2D eigenvalue weighted by Gasteiger charge is 2.38. The van der Waals surface area contributed by atoms with Crippen LogP contribution in [0.2, 0.25) is 0 Å². The average Bonchev–Trinajstić information content (AvgIpc) is 3.36. The average molecular weight is 356 g/mol. The molecule has 4 rings (SSSR count). The molecule has 0 atom stereocenters. The lowest BCUT2D eigenvalue weighted by atomic mass is 9.79. The third-order valence-corrected chi connectivity index (χ3v) is 5.15. The first kappa shape index (κ1) is 17.0. The molecule has 2 aliphatic carbocycles. The van der Waals surface area contributed by atoms with Gasteiger partial charge in [-0.1, -0.05) is 0 Å². The van der Waals surface area contributed by atoms with Crippen molar-refractivity contribution in [2.75, 3.05) is 19.0 Å². The van der Waals surface area contributed by atoms with E-state index < -0.39 is 0 Å². The van der Waals surface area contributed by atoms with Crippen molar-refractivity contribution in [3.05, 3.63) is 35.5 Å². The van der Waals surface area contributed by atoms with E-state index in [1.54, 1.807) is 12.3 Å². The molecule has 0 unspecified atom stereocenters. The van der Waals surface area contributed by atoms with Crippen molar-refractivity contribution < 1.29 is 9.90 Å². The Morgan fingerprint density at radius 2 is 2.08 bits per heavy atom. The van der Waals surface area contributed by atoms with Gasteiger partial charge in [0.15, 0.2) is 5.82 Å². The van der Waals surface area contributed by atoms with Gasteiger partial charge in [0.05, 0.1) is 5.56 Å². The van der Waals surface area contributed by atoms with Crippen molar-refractivity contribution in [2.45, 2.75) is 50.3 Å². The fourth-order valence-electron chi connectivity index (χ4n) is 3.45. The number of pyridine rings is 1. The SMILES string of the molecule is CN(C)c1ccc(C(=O)NC2CC(c3nnc(CO)n3C3CC3)C2)cn1. The Labute approximate surface area is 152 Å². The molecule has 8 nitrogen and oxygen atoms in total. The molecule has 0 aromatic carbocycles. The van der Waals surface area contributed by atoms with E-state index in [-0.39, 0.29) is 18.6 Å². The molecule has 2 saturated carbocycles. The van der Waals surface area contributed by atoms with Gasteiger partial charge < -0.3 is 19.9 Å². The summed E-state index contributed by atoms with van der Waals surface area (Å²) < 4.78 is 2.10. The van der Waals surface area contributed by atoms with E-state index in [9.17, 15) is 9.90 Å². The first-order valence-electron chi connectivity index (χ1n) is 9.05. The number of nitrogens with zero attached hydrogens (tertiary/aromatic N) is 5. The summed E-state index contributed by atoms with van der Waals surface area (Å²) in [5, 5.41) is 20.9. The minimum atomic E-state index is -0.0917. The number of rotatable bonds is 6. The minimum absolute atomic E-state index is 0.0771. The van der Waals surface area contributed by atoms with Crippen LogP contribution in [0.1, 0.15) is 59.6 Å². The Morgan fingerprint density at radius 1 is 1.31 bits per heavy atom. The van der Waals surface area contributed by atoms with Crippen LogP contribution in [-0.4, -0.2) is 50.9 Å². The molecule has 1 amide bonds. The maximum atomic E-state index is 12.4. The number of carbonyl (C=O) groups is 1. The van der Waals surface area contributed by atoms with Crippen LogP contribution in [0.3, 0.4) is 0 Å². The van der Waals surface area contributed by atoms with E-state index in [0.717, 1.165) is 37.3 Å². The molecule has 0 saturated heterocycles. The molecule has 0 bridgehead atoms. The van der Waals surface area contributed by atoms with Crippen LogP contribution in [0.15, 0.2) is 18.3 Å². The van der Waals surface area contributed by atoms with Gasteiger partial charge in [-0.2, -0.15) is 0 Å². The lowest BCUT2D eigenvalue weighted by molar-refractivity contribution is 0.0906. The van der Waals surface area contributed by atoms with Crippen LogP contribution in [0.25, 0.3) is 0 Å². The second-order valence-corrected chi connectivity index (χ2v) is 7.37. The molecule has 0 spiro atoms. The second-order valence-electron chi connectivity index (χ2n) is 7.37. The lowest BCUT2D eigenvalue weighted by Gasteiger charge is -2.35. The number of hydrogen-bond donors (Lipinski definition) is 2. The smallest absolute Gasteiger partial charge is 0.253 e. The van der Waals surface area contributed by atoms with E-state index >= 15 is 0 Å². The number of anilines is 1. The van der Waals surface area contributed by atoms with Crippen LogP contribution >= 0.6 is 0 Å². The van der Waals surface area contributed by atoms with Crippen LogP contribution in [-0.2, 0) is 6.61 Å². The summed E-state index contributed by atoms with van der Waals surface area (Å²) in [6.07, 6.45) is 5.57. The molecule has 138 valence electrons. The zero-order valence-electron chi connectivity index (χ0n) is 15.1. The summed E-state index contributed by atoms with van der Waals surface area (Å²) in [4.78, 5) is 18.6. The molecule has 2 aromatic heterocycles. The van der Waals surface area contributed by atoms with E-state index in [0.29, 0.717) is 23.3 Å². The number of nitrogens with one attached hydrogen (secondary N) is 1. The largest absolute Gasteiger partial charge is 0.388 e. The normalized spacial score (nSPS) is 22.0. The fourth-order valence-corrected chi connectivity index (χ4v) is 3.45. The van der Waals surface area contributed by atoms with Crippen molar-refractivity contribution >= 4 is 11.7 Å². The van der Waals surface area contributed by atoms with Gasteiger partial charge in [-0.25, -0.2) is 4.98 Å². The molecule has 2 heterocycles. The molecule has 2 N–H and O–H groups in total. The summed E-state index contributed by atoms with van der Waals surface area (Å²) in [6.45, 7) is -0.0771. The summed E-state index contributed by atoms with van der Waals surface area (Å²) >= 11 is 0. The number of hydrogen-bond acceptors (Lipinski definition) is 6. The molecule has 2 fully saturated rings. The molecular weight excluding hydrogens is 332 g/mol. The fraction of sp³-hybridized carbons (Fsp3) is 0.556. The Hall–Kier alpha value is -2.48. The number of amides is 1. The first-order chi connectivity index (χ1) is 12.6. The highest BCUT2D eigenvalue weighted by Crippen LogP contribution is 2.42. The number of aliphatic hydroxyl groups is 1. The van der Waals surface area contributed by atoms with Gasteiger partial charge in [-0.05, 0) is 37.8 Å². The Balaban J connectivity index is 1.35. The standard InChI is InChI=1S/C18H24N6O2/c1-23(2)15-6-3-11(9-19-15)18(26)20-13-7-12(8-13)17-22-21-16(10-25)24(17)14-4-5-14/h3,6,9,12-14,25H,4-5,7-8,10H2,1-2H3,(H,20,26). The van der Waals surface area contributed by atoms with E-state index in [1.807, 2.05) is 25.1 Å². The number of aliphatic hydroxyl groups excluding tert-OH is 1. The van der Waals surface area contributed by atoms with Gasteiger partial charge in [-0.3, -0.25) is 4.79 Å². The van der Waals surface area contributed by atoms with Gasteiger partial charge >= 0.3 is 0 Å². The Kier molecular flexibility index (Phi) is 4.36. The summed E-state index contributed by atoms with van der Waals surface area (Å²) in [6, 6.07) is 4.22. The molecular formula is C18H24N6O2. The van der Waals surface area contributed by atoms with Crippen molar-refractivity contribution in [2.24, 2.45) is 0 Å². The zero-order valence-corrected chi connectivity index (χ0v) is 15.1. The van der Waals surface area contributed by atoms with E-state index in [1.165, 1.54) is 0 Å². The molecule has 26 heavy (non-hydrogen) atoms. The predicted molar refractivity (Wildman–Crippen MR) is 96.0 cm³/mol. The van der Waals surface area contributed by atoms with Crippen LogP contribution < -0.4 is 10.2 Å². The zero-order chi connectivity index (χ0) is 18.3. The molecule has 8 heteroatoms. The van der Waals surface area contributed by atoms with Gasteiger partial charge in [0.2, 0.25) is 0 Å². The molecule has 0 aliphatic heterocycles. The lowest BCUT2D eigenvalue weighted by Crippen LogP contribution is -2.44. The maximum Gasteiger partial charge on any atom is 0.253 e. The van der Waals surface area contributed by atoms with Gasteiger partial charge in [-0.15, -0.1) is 10.2 Å². The summed E-state index contributed by atoms with van der Waals surface area (Å²) in [7, 11) is 3.83. The van der Waals surface area contributed by atoms with Gasteiger partial charge in [0.25, 0.3) is 5.91 Å². The molecule has 0 radical (unpaired) electrons. The molecule has 2 aliphatic rings. The highest BCUT2D eigenvalue weighted by molar-refractivity contribution is 5.94. The van der Waals surface area contributed by atoms with Crippen molar-refractivity contribution in [3.8, 4) is 0 Å². The van der Waals surface area contributed by atoms with Gasteiger partial charge in [0, 0.05) is 38.3 Å². The predicted octanol–water partition coefficient (Wildman–Crippen LogP) is 1.24. The number of carbonyl (C=O) groups excluding carboxylic acids is 1. The van der Waals surface area contributed by atoms with Crippen molar-refractivity contribution in [1.82, 2.24) is 25.1 Å². The topological polar surface area (TPSA) is 96.2 Å². The van der Waals surface area contributed by atoms with Gasteiger partial charge in [0.1, 0.15) is 18.2 Å². The summed E-state index contributed by atoms with van der Waals surface area (Å²) in [5.74, 6) is 2.64. The first-order valence-corrected chi connectivity index (χ1v) is 9.05. The van der Waals surface area contributed by atoms with Crippen molar-refractivity contribution in [1.29, 1.82) is 0 Å². The van der Waals surface area contributed by atoms with E-state index in [2.05, 4.69) is 25.1 Å². The highest BCUT2D eigenvalue weighted by atomic mass is 16.3. The Morgan fingerprint density at radius 3 is 2.65 bits per heavy atom. The van der Waals surface area contributed by atoms with Crippen LogP contribution in [0.5, 0.6) is 0 Å². The summed E-state index contributed by atoms with van der Waals surface area (Å²) in [5.41, 5.74) is 0.572. The van der Waals surface area contributed by atoms with Crippen LogP contribution in [0, 0.1) is 0 Å². The van der Waals surface area contributed by atoms with E-state index in [4.69, 9.17) is 0 Å². The maximum absolute atomic E-state index is 12.4. The third-order valence-electron chi connectivity index (χ3n) is 5.15. The monoisotopic (exact) mass is 356 g/mol. The minimum Gasteiger partial charge on any atom is -0.388 e. The van der Waals surface area contributed by atoms with Crippen LogP contribution in [0.4, 0.5) is 5.82 Å². The van der Waals surface area contributed by atoms with Crippen molar-refractivity contribution in [3.63, 3.8) is 0 Å². The Bertz CT molecular complexity index is 791. The second kappa shape index (κ2) is 6.68. The molecule has 2 aromatic rings. The quantitative estimate of drug-likeness (QED) is 0.808.